The molecular weight excluding hydrogens is 380 g/mol. The summed E-state index contributed by atoms with van der Waals surface area (Å²) < 4.78 is 34.2. The summed E-state index contributed by atoms with van der Waals surface area (Å²) in [6, 6.07) is 5.13. The fourth-order valence-corrected chi connectivity index (χ4v) is 4.66. The molecule has 0 aromatic heterocycles. The van der Waals surface area contributed by atoms with Gasteiger partial charge < -0.3 is 19.7 Å². The Hall–Kier alpha value is -1.96. The number of piperidine rings is 1. The largest absolute Gasteiger partial charge is 0.476 e. The number of anilines is 1. The molecule has 2 aliphatic rings. The lowest BCUT2D eigenvalue weighted by molar-refractivity contribution is 0.0181. The first kappa shape index (κ1) is 20.8. The fraction of sp³-hybridized carbons (Fsp3) is 0.650. The van der Waals surface area contributed by atoms with Gasteiger partial charge in [-0.05, 0) is 64.5 Å². The molecule has 1 fully saturated rings. The number of carbonyl (C=O) groups is 1. The first-order valence-electron chi connectivity index (χ1n) is 9.85. The molecule has 1 saturated heterocycles. The molecule has 3 rings (SSSR count). The van der Waals surface area contributed by atoms with Crippen LogP contribution in [0.15, 0.2) is 23.1 Å². The second-order valence-corrected chi connectivity index (χ2v) is 10.4. The Morgan fingerprint density at radius 2 is 2.00 bits per heavy atom. The Morgan fingerprint density at radius 1 is 1.29 bits per heavy atom. The van der Waals surface area contributed by atoms with Gasteiger partial charge in [-0.1, -0.05) is 0 Å². The molecular formula is C20H30N2O5S. The Labute approximate surface area is 167 Å². The van der Waals surface area contributed by atoms with Gasteiger partial charge in [0, 0.05) is 31.4 Å². The molecule has 0 spiro atoms. The second-order valence-electron chi connectivity index (χ2n) is 8.52. The minimum atomic E-state index is -3.27. The van der Waals surface area contributed by atoms with E-state index in [1.54, 1.807) is 23.1 Å². The zero-order valence-corrected chi connectivity index (χ0v) is 17.7. The number of benzene rings is 1. The summed E-state index contributed by atoms with van der Waals surface area (Å²) in [5.41, 5.74) is 0.419. The highest BCUT2D eigenvalue weighted by atomic mass is 32.2. The van der Waals surface area contributed by atoms with E-state index in [1.165, 1.54) is 0 Å². The third kappa shape index (κ3) is 5.31. The number of nitrogens with one attached hydrogen (secondary N) is 1. The Kier molecular flexibility index (Phi) is 6.07. The minimum absolute atomic E-state index is 0.214. The highest BCUT2D eigenvalue weighted by molar-refractivity contribution is 7.91. The average molecular weight is 411 g/mol. The molecule has 7 nitrogen and oxygen atoms in total. The maximum absolute atomic E-state index is 12.1. The molecule has 1 amide bonds. The van der Waals surface area contributed by atoms with E-state index in [2.05, 4.69) is 5.32 Å². The van der Waals surface area contributed by atoms with Crippen LogP contribution in [-0.2, 0) is 14.6 Å². The molecule has 0 aliphatic carbocycles. The first-order chi connectivity index (χ1) is 13.1. The standard InChI is InChI=1S/C20H30N2O5S/c1-20(2,3)27-19(23)22-11-8-15(9-12-22)5-4-10-21-16-6-7-18-17(13-16)26-14-28(18,24)25/h6-7,13,15,21H,4-5,8-12,14H2,1-3H3. The van der Waals surface area contributed by atoms with Crippen molar-refractivity contribution in [1.29, 1.82) is 0 Å². The number of nitrogens with zero attached hydrogens (tertiary/aromatic N) is 1. The van der Waals surface area contributed by atoms with E-state index >= 15 is 0 Å². The van der Waals surface area contributed by atoms with Crippen LogP contribution in [0, 0.1) is 5.92 Å². The molecule has 28 heavy (non-hydrogen) atoms. The van der Waals surface area contributed by atoms with Crippen LogP contribution in [0.25, 0.3) is 0 Å². The maximum atomic E-state index is 12.1. The molecule has 1 aromatic rings. The number of carbonyl (C=O) groups excluding carboxylic acids is 1. The lowest BCUT2D eigenvalue weighted by atomic mass is 9.92. The topological polar surface area (TPSA) is 84.9 Å². The van der Waals surface area contributed by atoms with Gasteiger partial charge in [-0.2, -0.15) is 0 Å². The van der Waals surface area contributed by atoms with E-state index in [1.807, 2.05) is 20.8 Å². The quantitative estimate of drug-likeness (QED) is 0.746. The van der Waals surface area contributed by atoms with Crippen molar-refractivity contribution in [2.75, 3.05) is 30.9 Å². The van der Waals surface area contributed by atoms with E-state index in [0.29, 0.717) is 11.7 Å². The van der Waals surface area contributed by atoms with Gasteiger partial charge in [0.05, 0.1) is 0 Å². The van der Waals surface area contributed by atoms with Crippen molar-refractivity contribution >= 4 is 21.6 Å². The van der Waals surface area contributed by atoms with E-state index in [0.717, 1.165) is 51.0 Å². The van der Waals surface area contributed by atoms with Gasteiger partial charge in [0.15, 0.2) is 5.94 Å². The minimum Gasteiger partial charge on any atom is -0.476 e. The number of rotatable bonds is 5. The Morgan fingerprint density at radius 3 is 2.68 bits per heavy atom. The van der Waals surface area contributed by atoms with Crippen LogP contribution >= 0.6 is 0 Å². The highest BCUT2D eigenvalue weighted by Crippen LogP contribution is 2.33. The number of hydrogen-bond donors (Lipinski definition) is 1. The summed E-state index contributed by atoms with van der Waals surface area (Å²) >= 11 is 0. The number of ether oxygens (including phenoxy) is 2. The molecule has 0 bridgehead atoms. The molecule has 2 heterocycles. The third-order valence-corrected chi connectivity index (χ3v) is 6.47. The summed E-state index contributed by atoms with van der Waals surface area (Å²) in [5, 5.41) is 3.33. The van der Waals surface area contributed by atoms with Crippen LogP contribution in [0.3, 0.4) is 0 Å². The van der Waals surface area contributed by atoms with Gasteiger partial charge in [0.25, 0.3) is 0 Å². The lowest BCUT2D eigenvalue weighted by Crippen LogP contribution is -2.41. The van der Waals surface area contributed by atoms with Crippen LogP contribution in [0.2, 0.25) is 0 Å². The fourth-order valence-electron chi connectivity index (χ4n) is 3.55. The zero-order chi connectivity index (χ0) is 20.4. The van der Waals surface area contributed by atoms with Crippen molar-refractivity contribution in [3.8, 4) is 5.75 Å². The van der Waals surface area contributed by atoms with Gasteiger partial charge in [-0.25, -0.2) is 13.2 Å². The van der Waals surface area contributed by atoms with Gasteiger partial charge in [-0.3, -0.25) is 0 Å². The SMILES string of the molecule is CC(C)(C)OC(=O)N1CCC(CCCNc2ccc3c(c2)OCS3(=O)=O)CC1. The molecule has 0 unspecified atom stereocenters. The molecule has 0 saturated carbocycles. The molecule has 156 valence electrons. The summed E-state index contributed by atoms with van der Waals surface area (Å²) in [4.78, 5) is 14.2. The third-order valence-electron chi connectivity index (χ3n) is 5.03. The second kappa shape index (κ2) is 8.19. The number of amides is 1. The maximum Gasteiger partial charge on any atom is 0.410 e. The number of fused-ring (bicyclic) bond motifs is 1. The molecule has 8 heteroatoms. The number of likely N-dealkylation sites (tertiary alicyclic amines) is 1. The normalized spacial score (nSPS) is 19.0. The van der Waals surface area contributed by atoms with Crippen LogP contribution < -0.4 is 10.1 Å². The molecule has 0 atom stereocenters. The van der Waals surface area contributed by atoms with Crippen molar-refractivity contribution in [2.45, 2.75) is 57.0 Å². The predicted molar refractivity (Wildman–Crippen MR) is 107 cm³/mol. The average Bonchev–Trinajstić information content (AvgIpc) is 2.92. The van der Waals surface area contributed by atoms with Crippen molar-refractivity contribution in [3.63, 3.8) is 0 Å². The number of hydrogen-bond acceptors (Lipinski definition) is 6. The van der Waals surface area contributed by atoms with Crippen molar-refractivity contribution in [2.24, 2.45) is 5.92 Å². The summed E-state index contributed by atoms with van der Waals surface area (Å²) in [7, 11) is -3.27. The van der Waals surface area contributed by atoms with Crippen molar-refractivity contribution < 1.29 is 22.7 Å². The molecule has 2 aliphatic heterocycles. The molecule has 1 N–H and O–H groups in total. The van der Waals surface area contributed by atoms with Crippen molar-refractivity contribution in [3.05, 3.63) is 18.2 Å². The van der Waals surface area contributed by atoms with Gasteiger partial charge in [0.1, 0.15) is 16.2 Å². The van der Waals surface area contributed by atoms with E-state index in [-0.39, 0.29) is 16.9 Å². The van der Waals surface area contributed by atoms with E-state index < -0.39 is 15.4 Å². The summed E-state index contributed by atoms with van der Waals surface area (Å²) in [5.74, 6) is 0.779. The van der Waals surface area contributed by atoms with Crippen molar-refractivity contribution in [1.82, 2.24) is 4.90 Å². The van der Waals surface area contributed by atoms with Gasteiger partial charge >= 0.3 is 6.09 Å². The van der Waals surface area contributed by atoms with Crippen LogP contribution in [-0.4, -0.2) is 50.6 Å². The summed E-state index contributed by atoms with van der Waals surface area (Å²) in [6.07, 6.45) is 3.92. The smallest absolute Gasteiger partial charge is 0.410 e. The summed E-state index contributed by atoms with van der Waals surface area (Å²) in [6.45, 7) is 7.98. The Balaban J connectivity index is 1.36. The van der Waals surface area contributed by atoms with Crippen LogP contribution in [0.5, 0.6) is 5.75 Å². The molecule has 0 radical (unpaired) electrons. The zero-order valence-electron chi connectivity index (χ0n) is 16.9. The van der Waals surface area contributed by atoms with E-state index in [4.69, 9.17) is 9.47 Å². The Bertz CT molecular complexity index is 808. The van der Waals surface area contributed by atoms with Gasteiger partial charge in [-0.15, -0.1) is 0 Å². The van der Waals surface area contributed by atoms with Gasteiger partial charge in [0.2, 0.25) is 9.84 Å². The van der Waals surface area contributed by atoms with Crippen LogP contribution in [0.1, 0.15) is 46.5 Å². The monoisotopic (exact) mass is 410 g/mol. The number of sulfone groups is 1. The first-order valence-corrected chi connectivity index (χ1v) is 11.5. The van der Waals surface area contributed by atoms with E-state index in [9.17, 15) is 13.2 Å². The predicted octanol–water partition coefficient (Wildman–Crippen LogP) is 3.65. The van der Waals surface area contributed by atoms with Crippen LogP contribution in [0.4, 0.5) is 10.5 Å². The molecule has 1 aromatic carbocycles. The lowest BCUT2D eigenvalue weighted by Gasteiger charge is -2.33. The highest BCUT2D eigenvalue weighted by Gasteiger charge is 2.28.